The molecule has 1 heterocycles. The lowest BCUT2D eigenvalue weighted by molar-refractivity contribution is 0.691. The Morgan fingerprint density at radius 2 is 1.86 bits per heavy atom. The number of nitrogens with zero attached hydrogens (tertiary/aromatic N) is 1. The van der Waals surface area contributed by atoms with E-state index >= 15 is 0 Å². The molecule has 106 valence electrons. The van der Waals surface area contributed by atoms with E-state index in [2.05, 4.69) is 47.6 Å². The third-order valence-corrected chi connectivity index (χ3v) is 4.04. The number of hydrogen-bond acceptors (Lipinski definition) is 2. The van der Waals surface area contributed by atoms with Crippen molar-refractivity contribution in [1.82, 2.24) is 10.3 Å². The minimum absolute atomic E-state index is 0.0980. The van der Waals surface area contributed by atoms with Crippen LogP contribution in [-0.2, 0) is 0 Å². The Labute approximate surface area is 129 Å². The summed E-state index contributed by atoms with van der Waals surface area (Å²) >= 11 is 6.07. The third-order valence-electron chi connectivity index (χ3n) is 3.81. The van der Waals surface area contributed by atoms with Gasteiger partial charge in [0.15, 0.2) is 0 Å². The minimum atomic E-state index is 0.0980. The standard InChI is InChI=1S/C18H17ClN2/c1-12-11-14(19)8-9-15(12)18(20-2)16-7-3-5-13-6-4-10-21-17(13)16/h3-11,18,20H,1-2H3. The van der Waals surface area contributed by atoms with Crippen LogP contribution in [-0.4, -0.2) is 12.0 Å². The van der Waals surface area contributed by atoms with Crippen molar-refractivity contribution in [2.75, 3.05) is 7.05 Å². The van der Waals surface area contributed by atoms with E-state index in [1.165, 1.54) is 16.7 Å². The van der Waals surface area contributed by atoms with Crippen LogP contribution in [0.15, 0.2) is 54.7 Å². The van der Waals surface area contributed by atoms with E-state index in [9.17, 15) is 0 Å². The Kier molecular flexibility index (Phi) is 3.91. The van der Waals surface area contributed by atoms with Crippen LogP contribution in [0.3, 0.4) is 0 Å². The van der Waals surface area contributed by atoms with Gasteiger partial charge < -0.3 is 5.32 Å². The third kappa shape index (κ3) is 2.65. The van der Waals surface area contributed by atoms with Gasteiger partial charge in [0.2, 0.25) is 0 Å². The van der Waals surface area contributed by atoms with Gasteiger partial charge in [-0.05, 0) is 48.9 Å². The predicted molar refractivity (Wildman–Crippen MR) is 88.8 cm³/mol. The van der Waals surface area contributed by atoms with Crippen molar-refractivity contribution in [2.45, 2.75) is 13.0 Å². The molecular weight excluding hydrogens is 280 g/mol. The fourth-order valence-electron chi connectivity index (χ4n) is 2.80. The van der Waals surface area contributed by atoms with Crippen molar-refractivity contribution in [3.05, 3.63) is 76.4 Å². The van der Waals surface area contributed by atoms with Crippen LogP contribution in [0.1, 0.15) is 22.7 Å². The Hall–Kier alpha value is -1.90. The monoisotopic (exact) mass is 296 g/mol. The molecule has 0 bridgehead atoms. The molecule has 0 aliphatic heterocycles. The normalized spacial score (nSPS) is 12.5. The maximum absolute atomic E-state index is 6.07. The first-order chi connectivity index (χ1) is 10.2. The van der Waals surface area contributed by atoms with E-state index in [0.29, 0.717) is 0 Å². The van der Waals surface area contributed by atoms with Crippen LogP contribution in [0.5, 0.6) is 0 Å². The predicted octanol–water partition coefficient (Wildman–Crippen LogP) is 4.51. The zero-order chi connectivity index (χ0) is 14.8. The molecule has 0 aliphatic carbocycles. The molecule has 2 aromatic carbocycles. The SMILES string of the molecule is CNC(c1ccc(Cl)cc1C)c1cccc2cccnc12. The summed E-state index contributed by atoms with van der Waals surface area (Å²) in [6.07, 6.45) is 1.84. The van der Waals surface area contributed by atoms with Crippen LogP contribution >= 0.6 is 11.6 Å². The molecule has 0 saturated carbocycles. The van der Waals surface area contributed by atoms with Crippen molar-refractivity contribution in [3.63, 3.8) is 0 Å². The summed E-state index contributed by atoms with van der Waals surface area (Å²) in [5.74, 6) is 0. The molecular formula is C18H17ClN2. The van der Waals surface area contributed by atoms with E-state index in [1.807, 2.05) is 31.4 Å². The van der Waals surface area contributed by atoms with E-state index < -0.39 is 0 Å². The number of pyridine rings is 1. The first-order valence-corrected chi connectivity index (χ1v) is 7.35. The smallest absolute Gasteiger partial charge is 0.0753 e. The van der Waals surface area contributed by atoms with Crippen molar-refractivity contribution in [1.29, 1.82) is 0 Å². The maximum atomic E-state index is 6.07. The molecule has 0 radical (unpaired) electrons. The average Bonchev–Trinajstić information content (AvgIpc) is 2.50. The number of para-hydroxylation sites is 1. The summed E-state index contributed by atoms with van der Waals surface area (Å²) in [6, 6.07) is 16.5. The van der Waals surface area contributed by atoms with Gasteiger partial charge in [-0.2, -0.15) is 0 Å². The molecule has 0 aliphatic rings. The summed E-state index contributed by atoms with van der Waals surface area (Å²) < 4.78 is 0. The molecule has 3 rings (SSSR count). The quantitative estimate of drug-likeness (QED) is 0.769. The summed E-state index contributed by atoms with van der Waals surface area (Å²) in [5.41, 5.74) is 4.62. The second-order valence-electron chi connectivity index (χ2n) is 5.14. The molecule has 3 aromatic rings. The lowest BCUT2D eigenvalue weighted by Crippen LogP contribution is -2.19. The lowest BCUT2D eigenvalue weighted by Gasteiger charge is -2.20. The lowest BCUT2D eigenvalue weighted by atomic mass is 9.93. The van der Waals surface area contributed by atoms with Crippen LogP contribution in [0.25, 0.3) is 10.9 Å². The van der Waals surface area contributed by atoms with E-state index in [4.69, 9.17) is 11.6 Å². The van der Waals surface area contributed by atoms with E-state index in [0.717, 1.165) is 15.9 Å². The van der Waals surface area contributed by atoms with Gasteiger partial charge in [-0.15, -0.1) is 0 Å². The summed E-state index contributed by atoms with van der Waals surface area (Å²) in [7, 11) is 1.97. The van der Waals surface area contributed by atoms with Gasteiger partial charge in [-0.3, -0.25) is 4.98 Å². The second-order valence-corrected chi connectivity index (χ2v) is 5.58. The molecule has 0 spiro atoms. The highest BCUT2D eigenvalue weighted by atomic mass is 35.5. The molecule has 1 unspecified atom stereocenters. The highest BCUT2D eigenvalue weighted by molar-refractivity contribution is 6.30. The van der Waals surface area contributed by atoms with Gasteiger partial charge in [-0.1, -0.05) is 41.9 Å². The number of hydrogen-bond donors (Lipinski definition) is 1. The second kappa shape index (κ2) is 5.84. The van der Waals surface area contributed by atoms with Crippen LogP contribution in [0.4, 0.5) is 0 Å². The van der Waals surface area contributed by atoms with Gasteiger partial charge in [-0.25, -0.2) is 0 Å². The minimum Gasteiger partial charge on any atom is -0.309 e. The Bertz CT molecular complexity index is 778. The molecule has 0 fully saturated rings. The number of halogens is 1. The van der Waals surface area contributed by atoms with E-state index in [1.54, 1.807) is 0 Å². The van der Waals surface area contributed by atoms with Crippen molar-refractivity contribution < 1.29 is 0 Å². The van der Waals surface area contributed by atoms with Crippen LogP contribution in [0.2, 0.25) is 5.02 Å². The zero-order valence-corrected chi connectivity index (χ0v) is 12.9. The fourth-order valence-corrected chi connectivity index (χ4v) is 3.03. The molecule has 1 N–H and O–H groups in total. The molecule has 3 heteroatoms. The molecule has 2 nitrogen and oxygen atoms in total. The number of fused-ring (bicyclic) bond motifs is 1. The summed E-state index contributed by atoms with van der Waals surface area (Å²) in [5, 5.41) is 5.32. The molecule has 1 aromatic heterocycles. The number of nitrogens with one attached hydrogen (secondary N) is 1. The maximum Gasteiger partial charge on any atom is 0.0753 e. The molecule has 0 saturated heterocycles. The molecule has 1 atom stereocenters. The van der Waals surface area contributed by atoms with Crippen molar-refractivity contribution in [3.8, 4) is 0 Å². The fraction of sp³-hybridized carbons (Fsp3) is 0.167. The molecule has 21 heavy (non-hydrogen) atoms. The van der Waals surface area contributed by atoms with Crippen LogP contribution < -0.4 is 5.32 Å². The number of aromatic nitrogens is 1. The van der Waals surface area contributed by atoms with Crippen molar-refractivity contribution >= 4 is 22.5 Å². The van der Waals surface area contributed by atoms with Gasteiger partial charge in [0, 0.05) is 16.6 Å². The number of benzene rings is 2. The average molecular weight is 297 g/mol. The molecule has 0 amide bonds. The topological polar surface area (TPSA) is 24.9 Å². The first-order valence-electron chi connectivity index (χ1n) is 6.97. The summed E-state index contributed by atoms with van der Waals surface area (Å²) in [6.45, 7) is 2.09. The highest BCUT2D eigenvalue weighted by Crippen LogP contribution is 2.30. The van der Waals surface area contributed by atoms with Gasteiger partial charge >= 0.3 is 0 Å². The zero-order valence-electron chi connectivity index (χ0n) is 12.1. The highest BCUT2D eigenvalue weighted by Gasteiger charge is 2.17. The number of aryl methyl sites for hydroxylation is 1. The first kappa shape index (κ1) is 14.1. The van der Waals surface area contributed by atoms with Gasteiger partial charge in [0.1, 0.15) is 0 Å². The number of rotatable bonds is 3. The van der Waals surface area contributed by atoms with E-state index in [-0.39, 0.29) is 6.04 Å². The Balaban J connectivity index is 2.18. The van der Waals surface area contributed by atoms with Gasteiger partial charge in [0.05, 0.1) is 11.6 Å². The van der Waals surface area contributed by atoms with Crippen LogP contribution in [0, 0.1) is 6.92 Å². The van der Waals surface area contributed by atoms with Gasteiger partial charge in [0.25, 0.3) is 0 Å². The summed E-state index contributed by atoms with van der Waals surface area (Å²) in [4.78, 5) is 4.56. The largest absolute Gasteiger partial charge is 0.309 e. The Morgan fingerprint density at radius 3 is 2.62 bits per heavy atom. The van der Waals surface area contributed by atoms with Crippen molar-refractivity contribution in [2.24, 2.45) is 0 Å². The Morgan fingerprint density at radius 1 is 1.05 bits per heavy atom.